The van der Waals surface area contributed by atoms with E-state index in [9.17, 15) is 16.8 Å². The van der Waals surface area contributed by atoms with Gasteiger partial charge in [0.05, 0.1) is 18.1 Å². The van der Waals surface area contributed by atoms with Crippen LogP contribution in [-0.4, -0.2) is 50.5 Å². The van der Waals surface area contributed by atoms with Crippen molar-refractivity contribution in [1.82, 2.24) is 4.47 Å². The number of hydrogen-bond acceptors (Lipinski definition) is 5. The predicted octanol–water partition coefficient (Wildman–Crippen LogP) is -0.523. The zero-order chi connectivity index (χ0) is 12.4. The molecule has 0 bridgehead atoms. The molecule has 0 saturated carbocycles. The van der Waals surface area contributed by atoms with E-state index in [-0.39, 0.29) is 37.0 Å². The number of sulfonamides is 1. The van der Waals surface area contributed by atoms with Gasteiger partial charge in [-0.1, -0.05) is 4.47 Å². The number of hydrogen-bond donors (Lipinski definition) is 1. The Morgan fingerprint density at radius 2 is 2.00 bits per heavy atom. The highest BCUT2D eigenvalue weighted by molar-refractivity contribution is 7.88. The van der Waals surface area contributed by atoms with Gasteiger partial charge >= 0.3 is 0 Å². The molecule has 0 aliphatic carbocycles. The van der Waals surface area contributed by atoms with Crippen molar-refractivity contribution in [3.05, 3.63) is 0 Å². The molecule has 0 unspecified atom stereocenters. The van der Waals surface area contributed by atoms with Gasteiger partial charge in [0.2, 0.25) is 10.0 Å². The van der Waals surface area contributed by atoms with E-state index >= 15 is 0 Å². The topological polar surface area (TPSA) is 101 Å². The predicted molar refractivity (Wildman–Crippen MR) is 56.6 cm³/mol. The summed E-state index contributed by atoms with van der Waals surface area (Å²) >= 11 is 0. The highest BCUT2D eigenvalue weighted by atomic mass is 32.2. The van der Waals surface area contributed by atoms with E-state index in [1.807, 2.05) is 0 Å². The SMILES string of the molecule is CCS(=O)(=O)N1C[C@H](CCS(=O)(=O)O)CO1. The van der Waals surface area contributed by atoms with Crippen LogP contribution in [0.5, 0.6) is 0 Å². The standard InChI is InChI=1S/C7H15NO6S2/c1-2-15(9,10)8-5-7(6-14-8)3-4-16(11,12)13/h7H,2-6H2,1H3,(H,11,12,13)/t7-/m0/s1. The van der Waals surface area contributed by atoms with Crippen molar-refractivity contribution in [3.63, 3.8) is 0 Å². The summed E-state index contributed by atoms with van der Waals surface area (Å²) < 4.78 is 53.2. The van der Waals surface area contributed by atoms with Crippen molar-refractivity contribution in [3.8, 4) is 0 Å². The third-order valence-corrected chi connectivity index (χ3v) is 4.68. The zero-order valence-corrected chi connectivity index (χ0v) is 10.5. The maximum absolute atomic E-state index is 11.4. The molecule has 1 aliphatic rings. The van der Waals surface area contributed by atoms with E-state index in [1.165, 1.54) is 6.92 Å². The molecule has 1 atom stereocenters. The van der Waals surface area contributed by atoms with Crippen molar-refractivity contribution in [2.24, 2.45) is 5.92 Å². The average Bonchev–Trinajstić information content (AvgIpc) is 2.62. The quantitative estimate of drug-likeness (QED) is 0.676. The fourth-order valence-corrected chi connectivity index (χ4v) is 2.91. The Bertz CT molecular complexity index is 428. The molecule has 0 aromatic rings. The summed E-state index contributed by atoms with van der Waals surface area (Å²) in [5.74, 6) is -0.623. The fourth-order valence-electron chi connectivity index (χ4n) is 1.33. The van der Waals surface area contributed by atoms with Crippen molar-refractivity contribution in [2.75, 3.05) is 24.7 Å². The molecule has 1 N–H and O–H groups in total. The summed E-state index contributed by atoms with van der Waals surface area (Å²) in [4.78, 5) is 4.96. The van der Waals surface area contributed by atoms with Gasteiger partial charge in [-0.25, -0.2) is 8.42 Å². The van der Waals surface area contributed by atoms with E-state index in [2.05, 4.69) is 0 Å². The van der Waals surface area contributed by atoms with Crippen LogP contribution < -0.4 is 0 Å². The molecule has 1 fully saturated rings. The van der Waals surface area contributed by atoms with Crippen molar-refractivity contribution < 1.29 is 26.2 Å². The minimum atomic E-state index is -3.99. The highest BCUT2D eigenvalue weighted by Gasteiger charge is 2.32. The third-order valence-electron chi connectivity index (χ3n) is 2.32. The molecule has 0 amide bonds. The Morgan fingerprint density at radius 3 is 2.50 bits per heavy atom. The van der Waals surface area contributed by atoms with E-state index in [4.69, 9.17) is 9.39 Å². The molecular formula is C7H15NO6S2. The van der Waals surface area contributed by atoms with E-state index in [0.29, 0.717) is 0 Å². The van der Waals surface area contributed by atoms with Gasteiger partial charge in [-0.3, -0.25) is 9.39 Å². The first-order valence-corrected chi connectivity index (χ1v) is 8.05. The summed E-state index contributed by atoms with van der Waals surface area (Å²) in [5.41, 5.74) is 0. The van der Waals surface area contributed by atoms with Crippen LogP contribution in [0.25, 0.3) is 0 Å². The minimum Gasteiger partial charge on any atom is -0.286 e. The van der Waals surface area contributed by atoms with Gasteiger partial charge in [0, 0.05) is 12.5 Å². The van der Waals surface area contributed by atoms with Crippen LogP contribution in [0.2, 0.25) is 0 Å². The lowest BCUT2D eigenvalue weighted by atomic mass is 10.1. The van der Waals surface area contributed by atoms with E-state index in [0.717, 1.165) is 4.47 Å². The summed E-state index contributed by atoms with van der Waals surface area (Å²) in [6.07, 6.45) is 0.189. The second kappa shape index (κ2) is 4.96. The van der Waals surface area contributed by atoms with E-state index in [1.54, 1.807) is 0 Å². The first kappa shape index (κ1) is 13.8. The number of nitrogens with zero attached hydrogens (tertiary/aromatic N) is 1. The van der Waals surface area contributed by atoms with Crippen LogP contribution in [-0.2, 0) is 25.0 Å². The van der Waals surface area contributed by atoms with Gasteiger partial charge in [0.25, 0.3) is 10.1 Å². The Labute approximate surface area is 95.1 Å². The summed E-state index contributed by atoms with van der Waals surface area (Å²) in [5, 5.41) is 0. The minimum absolute atomic E-state index is 0.0575. The molecule has 16 heavy (non-hydrogen) atoms. The first-order valence-electron chi connectivity index (χ1n) is 4.83. The average molecular weight is 273 g/mol. The van der Waals surface area contributed by atoms with Gasteiger partial charge < -0.3 is 0 Å². The Balaban J connectivity index is 2.48. The Hall–Kier alpha value is -0.220. The monoisotopic (exact) mass is 273 g/mol. The van der Waals surface area contributed by atoms with Crippen LogP contribution in [0.4, 0.5) is 0 Å². The molecule has 9 heteroatoms. The van der Waals surface area contributed by atoms with Crippen LogP contribution in [0.3, 0.4) is 0 Å². The van der Waals surface area contributed by atoms with Crippen molar-refractivity contribution in [1.29, 1.82) is 0 Å². The molecule has 0 aromatic carbocycles. The zero-order valence-electron chi connectivity index (χ0n) is 8.87. The van der Waals surface area contributed by atoms with Crippen LogP contribution in [0, 0.1) is 5.92 Å². The molecule has 0 aromatic heterocycles. The summed E-state index contributed by atoms with van der Waals surface area (Å²) in [7, 11) is -7.38. The van der Waals surface area contributed by atoms with Crippen molar-refractivity contribution in [2.45, 2.75) is 13.3 Å². The first-order chi connectivity index (χ1) is 7.24. The smallest absolute Gasteiger partial charge is 0.264 e. The van der Waals surface area contributed by atoms with Crippen LogP contribution in [0.15, 0.2) is 0 Å². The lowest BCUT2D eigenvalue weighted by Gasteiger charge is -2.12. The van der Waals surface area contributed by atoms with Crippen molar-refractivity contribution >= 4 is 20.1 Å². The van der Waals surface area contributed by atoms with Gasteiger partial charge in [-0.15, -0.1) is 0 Å². The summed E-state index contributed by atoms with van der Waals surface area (Å²) in [6.45, 7) is 1.81. The second-order valence-electron chi connectivity index (χ2n) is 3.62. The Kier molecular flexibility index (Phi) is 4.29. The molecule has 1 saturated heterocycles. The number of rotatable bonds is 5. The van der Waals surface area contributed by atoms with Gasteiger partial charge in [-0.2, -0.15) is 8.42 Å². The molecule has 1 aliphatic heterocycles. The summed E-state index contributed by atoms with van der Waals surface area (Å²) in [6, 6.07) is 0. The molecule has 0 spiro atoms. The molecule has 1 heterocycles. The molecule has 1 rings (SSSR count). The van der Waals surface area contributed by atoms with E-state index < -0.39 is 20.1 Å². The van der Waals surface area contributed by atoms with Gasteiger partial charge in [-0.05, 0) is 13.3 Å². The van der Waals surface area contributed by atoms with Gasteiger partial charge in [0.1, 0.15) is 0 Å². The maximum atomic E-state index is 11.4. The number of hydroxylamine groups is 1. The lowest BCUT2D eigenvalue weighted by molar-refractivity contribution is -0.0294. The van der Waals surface area contributed by atoms with Crippen LogP contribution in [0.1, 0.15) is 13.3 Å². The second-order valence-corrected chi connectivity index (χ2v) is 7.34. The molecule has 0 radical (unpaired) electrons. The fraction of sp³-hybridized carbons (Fsp3) is 1.00. The Morgan fingerprint density at radius 1 is 1.38 bits per heavy atom. The van der Waals surface area contributed by atoms with Crippen LogP contribution >= 0.6 is 0 Å². The molecule has 96 valence electrons. The third kappa shape index (κ3) is 3.98. The highest BCUT2D eigenvalue weighted by Crippen LogP contribution is 2.19. The maximum Gasteiger partial charge on any atom is 0.264 e. The van der Waals surface area contributed by atoms with Gasteiger partial charge in [0.15, 0.2) is 0 Å². The largest absolute Gasteiger partial charge is 0.286 e. The lowest BCUT2D eigenvalue weighted by Crippen LogP contribution is -2.29. The normalized spacial score (nSPS) is 23.8. The molecular weight excluding hydrogens is 258 g/mol. The molecule has 7 nitrogen and oxygen atoms in total.